The highest BCUT2D eigenvalue weighted by molar-refractivity contribution is 7.98. The molecule has 2 nitrogen and oxygen atoms in total. The predicted octanol–water partition coefficient (Wildman–Crippen LogP) is 3.76. The smallest absolute Gasteiger partial charge is 0.133 e. The molecule has 2 aromatic rings. The summed E-state index contributed by atoms with van der Waals surface area (Å²) in [6, 6.07) is 12.3. The lowest BCUT2D eigenvalue weighted by Crippen LogP contribution is -2.10. The highest BCUT2D eigenvalue weighted by Gasteiger charge is 2.07. The van der Waals surface area contributed by atoms with E-state index in [1.165, 1.54) is 6.07 Å². The van der Waals surface area contributed by atoms with Crippen molar-refractivity contribution in [2.24, 2.45) is 5.73 Å². The number of hydrogen-bond donors (Lipinski definition) is 1. The van der Waals surface area contributed by atoms with Gasteiger partial charge in [-0.3, -0.25) is 0 Å². The summed E-state index contributed by atoms with van der Waals surface area (Å²) >= 11 is 6.40. The molecule has 0 bridgehead atoms. The van der Waals surface area contributed by atoms with Crippen LogP contribution in [-0.2, 0) is 6.61 Å². The lowest BCUT2D eigenvalue weighted by Gasteiger charge is -2.11. The first kappa shape index (κ1) is 14.8. The first-order valence-corrected chi connectivity index (χ1v) is 7.59. The lowest BCUT2D eigenvalue weighted by atomic mass is 10.1. The molecule has 20 heavy (non-hydrogen) atoms. The van der Waals surface area contributed by atoms with Crippen LogP contribution in [-0.4, -0.2) is 11.2 Å². The molecule has 0 saturated carbocycles. The number of hydrogen-bond acceptors (Lipinski definition) is 3. The molecule has 2 aromatic carbocycles. The minimum Gasteiger partial charge on any atom is -0.488 e. The normalized spacial score (nSPS) is 10.3. The molecule has 2 rings (SSSR count). The Morgan fingerprint density at radius 1 is 1.30 bits per heavy atom. The predicted molar refractivity (Wildman–Crippen MR) is 84.8 cm³/mol. The van der Waals surface area contributed by atoms with Crippen molar-refractivity contribution < 1.29 is 9.13 Å². The second kappa shape index (κ2) is 6.72. The average Bonchev–Trinajstić information content (AvgIpc) is 2.46. The van der Waals surface area contributed by atoms with E-state index < -0.39 is 0 Å². The first-order chi connectivity index (χ1) is 9.61. The van der Waals surface area contributed by atoms with Crippen LogP contribution in [0.5, 0.6) is 5.75 Å². The maximum absolute atomic E-state index is 13.9. The zero-order valence-electron chi connectivity index (χ0n) is 10.9. The molecular weight excluding hydrogens is 293 g/mol. The van der Waals surface area contributed by atoms with Gasteiger partial charge in [0.05, 0.1) is 0 Å². The molecular formula is C15H14FNOS2. The van der Waals surface area contributed by atoms with Crippen LogP contribution in [0.3, 0.4) is 0 Å². The van der Waals surface area contributed by atoms with Gasteiger partial charge in [0.25, 0.3) is 0 Å². The van der Waals surface area contributed by atoms with E-state index in [4.69, 9.17) is 22.7 Å². The number of para-hydroxylation sites is 1. The highest BCUT2D eigenvalue weighted by Crippen LogP contribution is 2.27. The molecule has 0 aromatic heterocycles. The van der Waals surface area contributed by atoms with Crippen molar-refractivity contribution in [2.45, 2.75) is 11.5 Å². The molecule has 0 heterocycles. The number of halogens is 1. The standard InChI is InChI=1S/C15H14FNOS2/c1-20-14-5-3-2-4-13(14)18-9-11-7-6-10(15(17)19)8-12(11)16/h2-8H,9H2,1H3,(H2,17,19). The number of rotatable bonds is 5. The molecule has 0 aliphatic heterocycles. The summed E-state index contributed by atoms with van der Waals surface area (Å²) in [5.74, 6) is 0.384. The van der Waals surface area contributed by atoms with E-state index in [9.17, 15) is 4.39 Å². The third-order valence-electron chi connectivity index (χ3n) is 2.79. The van der Waals surface area contributed by atoms with Gasteiger partial charge in [0, 0.05) is 16.0 Å². The molecule has 0 amide bonds. The van der Waals surface area contributed by atoms with E-state index in [2.05, 4.69) is 0 Å². The summed E-state index contributed by atoms with van der Waals surface area (Å²) in [6.07, 6.45) is 1.97. The van der Waals surface area contributed by atoms with E-state index >= 15 is 0 Å². The molecule has 2 N–H and O–H groups in total. The van der Waals surface area contributed by atoms with Gasteiger partial charge in [-0.25, -0.2) is 4.39 Å². The number of nitrogens with two attached hydrogens (primary N) is 1. The number of ether oxygens (including phenoxy) is 1. The summed E-state index contributed by atoms with van der Waals surface area (Å²) in [5.41, 5.74) is 6.46. The molecule has 0 aliphatic carbocycles. The van der Waals surface area contributed by atoms with Crippen LogP contribution in [0.1, 0.15) is 11.1 Å². The molecule has 0 atom stereocenters. The third-order valence-corrected chi connectivity index (χ3v) is 3.80. The van der Waals surface area contributed by atoms with Crippen LogP contribution in [0.2, 0.25) is 0 Å². The van der Waals surface area contributed by atoms with E-state index in [0.717, 1.165) is 10.6 Å². The SMILES string of the molecule is CSc1ccccc1OCc1ccc(C(N)=S)cc1F. The maximum atomic E-state index is 13.9. The van der Waals surface area contributed by atoms with Crippen LogP contribution in [0.15, 0.2) is 47.4 Å². The van der Waals surface area contributed by atoms with Crippen LogP contribution in [0, 0.1) is 5.82 Å². The monoisotopic (exact) mass is 307 g/mol. The summed E-state index contributed by atoms with van der Waals surface area (Å²) < 4.78 is 19.6. The Morgan fingerprint density at radius 3 is 2.70 bits per heavy atom. The Labute approximate surface area is 127 Å². The van der Waals surface area contributed by atoms with Crippen molar-refractivity contribution in [3.63, 3.8) is 0 Å². The summed E-state index contributed by atoms with van der Waals surface area (Å²) in [7, 11) is 0. The zero-order chi connectivity index (χ0) is 14.5. The van der Waals surface area contributed by atoms with Crippen molar-refractivity contribution in [3.05, 3.63) is 59.4 Å². The van der Waals surface area contributed by atoms with Crippen molar-refractivity contribution in [3.8, 4) is 5.75 Å². The average molecular weight is 307 g/mol. The molecule has 0 fully saturated rings. The maximum Gasteiger partial charge on any atom is 0.133 e. The Hall–Kier alpha value is -1.59. The summed E-state index contributed by atoms with van der Waals surface area (Å²) in [4.78, 5) is 1.21. The molecule has 104 valence electrons. The molecule has 0 saturated heterocycles. The minimum absolute atomic E-state index is 0.168. The van der Waals surface area contributed by atoms with Crippen LogP contribution >= 0.6 is 24.0 Å². The molecule has 0 aliphatic rings. The van der Waals surface area contributed by atoms with E-state index in [1.54, 1.807) is 23.9 Å². The number of thiocarbonyl (C=S) groups is 1. The Balaban J connectivity index is 2.13. The van der Waals surface area contributed by atoms with Gasteiger partial charge in [0.2, 0.25) is 0 Å². The van der Waals surface area contributed by atoms with Crippen molar-refractivity contribution in [1.82, 2.24) is 0 Å². The summed E-state index contributed by atoms with van der Waals surface area (Å²) in [5, 5.41) is 0. The van der Waals surface area contributed by atoms with Gasteiger partial charge in [-0.2, -0.15) is 0 Å². The van der Waals surface area contributed by atoms with Gasteiger partial charge < -0.3 is 10.5 Å². The molecule has 5 heteroatoms. The Morgan fingerprint density at radius 2 is 2.05 bits per heavy atom. The Kier molecular flexibility index (Phi) is 4.98. The molecule has 0 radical (unpaired) electrons. The third kappa shape index (κ3) is 3.49. The quantitative estimate of drug-likeness (QED) is 0.674. The number of benzene rings is 2. The Bertz CT molecular complexity index is 631. The molecule has 0 spiro atoms. The fourth-order valence-electron chi connectivity index (χ4n) is 1.71. The minimum atomic E-state index is -0.364. The largest absolute Gasteiger partial charge is 0.488 e. The topological polar surface area (TPSA) is 35.2 Å². The second-order valence-electron chi connectivity index (χ2n) is 4.11. The highest BCUT2D eigenvalue weighted by atomic mass is 32.2. The first-order valence-electron chi connectivity index (χ1n) is 5.96. The van der Waals surface area contributed by atoms with Crippen molar-refractivity contribution in [1.29, 1.82) is 0 Å². The fourth-order valence-corrected chi connectivity index (χ4v) is 2.38. The van der Waals surface area contributed by atoms with Gasteiger partial charge in [-0.15, -0.1) is 11.8 Å². The number of thioether (sulfide) groups is 1. The van der Waals surface area contributed by atoms with Crippen LogP contribution < -0.4 is 10.5 Å². The van der Waals surface area contributed by atoms with Gasteiger partial charge in [0.15, 0.2) is 0 Å². The van der Waals surface area contributed by atoms with Gasteiger partial charge in [-0.1, -0.05) is 36.5 Å². The van der Waals surface area contributed by atoms with E-state index in [-0.39, 0.29) is 17.4 Å². The van der Waals surface area contributed by atoms with Crippen LogP contribution in [0.4, 0.5) is 4.39 Å². The van der Waals surface area contributed by atoms with Gasteiger partial charge >= 0.3 is 0 Å². The van der Waals surface area contributed by atoms with Crippen LogP contribution in [0.25, 0.3) is 0 Å². The van der Waals surface area contributed by atoms with Gasteiger partial charge in [-0.05, 0) is 24.5 Å². The fraction of sp³-hybridized carbons (Fsp3) is 0.133. The van der Waals surface area contributed by atoms with Crippen molar-refractivity contribution in [2.75, 3.05) is 6.26 Å². The van der Waals surface area contributed by atoms with Gasteiger partial charge in [0.1, 0.15) is 23.2 Å². The van der Waals surface area contributed by atoms with E-state index in [1.807, 2.05) is 30.5 Å². The van der Waals surface area contributed by atoms with E-state index in [0.29, 0.717) is 11.1 Å². The molecule has 0 unspecified atom stereocenters. The lowest BCUT2D eigenvalue weighted by molar-refractivity contribution is 0.293. The second-order valence-corrected chi connectivity index (χ2v) is 5.40. The zero-order valence-corrected chi connectivity index (χ0v) is 12.6. The van der Waals surface area contributed by atoms with Crippen molar-refractivity contribution >= 4 is 29.0 Å². The summed E-state index contributed by atoms with van der Waals surface area (Å²) in [6.45, 7) is 0.168.